The first-order valence-electron chi connectivity index (χ1n) is 10.6. The predicted octanol–water partition coefficient (Wildman–Crippen LogP) is 4.36. The lowest BCUT2D eigenvalue weighted by Crippen LogP contribution is -2.38. The van der Waals surface area contributed by atoms with E-state index < -0.39 is 29.5 Å². The number of hydrogen-bond donors (Lipinski definition) is 1. The number of amides is 1. The highest BCUT2D eigenvalue weighted by molar-refractivity contribution is 5.99. The number of aromatic nitrogens is 3. The maximum atomic E-state index is 15.1. The molecule has 2 aromatic carbocycles. The number of nitrogens with two attached hydrogens (primary N) is 1. The third-order valence-electron chi connectivity index (χ3n) is 6.30. The molecule has 34 heavy (non-hydrogen) atoms. The molecule has 2 aromatic heterocycles. The lowest BCUT2D eigenvalue weighted by Gasteiger charge is -2.29. The van der Waals surface area contributed by atoms with Crippen LogP contribution in [-0.2, 0) is 6.18 Å². The van der Waals surface area contributed by atoms with E-state index in [0.717, 1.165) is 31.0 Å². The number of nitrogens with zero attached hydrogens (tertiary/aromatic N) is 4. The number of carbonyl (C=O) groups is 1. The summed E-state index contributed by atoms with van der Waals surface area (Å²) in [5, 5.41) is 0. The predicted molar refractivity (Wildman–Crippen MR) is 114 cm³/mol. The number of rotatable bonds is 3. The molecule has 1 atom stereocenters. The fraction of sp³-hybridized carbons (Fsp3) is 0.261. The van der Waals surface area contributed by atoms with Crippen molar-refractivity contribution in [3.05, 3.63) is 65.4 Å². The summed E-state index contributed by atoms with van der Waals surface area (Å²) >= 11 is 0. The van der Waals surface area contributed by atoms with Crippen molar-refractivity contribution in [1.29, 1.82) is 0 Å². The summed E-state index contributed by atoms with van der Waals surface area (Å²) in [6, 6.07) is 5.03. The number of halogens is 4. The number of hydrogen-bond acceptors (Lipinski definition) is 5. The minimum absolute atomic E-state index is 0.00204. The van der Waals surface area contributed by atoms with Gasteiger partial charge in [-0.1, -0.05) is 6.07 Å². The maximum absolute atomic E-state index is 15.1. The van der Waals surface area contributed by atoms with Gasteiger partial charge in [0, 0.05) is 17.7 Å². The zero-order valence-electron chi connectivity index (χ0n) is 17.5. The number of ether oxygens (including phenoxy) is 1. The van der Waals surface area contributed by atoms with E-state index in [9.17, 15) is 18.0 Å². The molecule has 2 aliphatic rings. The zero-order chi connectivity index (χ0) is 23.8. The molecule has 1 saturated carbocycles. The van der Waals surface area contributed by atoms with Gasteiger partial charge >= 0.3 is 6.18 Å². The Morgan fingerprint density at radius 1 is 1.18 bits per heavy atom. The average molecular weight is 471 g/mol. The van der Waals surface area contributed by atoms with Crippen molar-refractivity contribution in [2.75, 3.05) is 12.3 Å². The standard InChI is InChI=1S/C23H17F4N5O2/c24-15-7-16-17(31-10-29-8-18(31)21(28)30-16)6-14(15)22(33)32(12-2-3-12)19-9-34-20-5-11(23(25,26)27)1-4-13(19)20/h1,4-8,10,12,19H,2-3,9H2,(H2,28,30)/t19-/m1/s1. The van der Waals surface area contributed by atoms with Crippen LogP contribution in [0.5, 0.6) is 5.75 Å². The number of nitrogen functional groups attached to an aromatic ring is 1. The molecule has 4 aromatic rings. The van der Waals surface area contributed by atoms with E-state index >= 15 is 4.39 Å². The number of anilines is 1. The summed E-state index contributed by atoms with van der Waals surface area (Å²) in [6.07, 6.45) is -0.0493. The summed E-state index contributed by atoms with van der Waals surface area (Å²) in [4.78, 5) is 23.4. The fourth-order valence-corrected chi connectivity index (χ4v) is 4.51. The highest BCUT2D eigenvalue weighted by Gasteiger charge is 2.43. The van der Waals surface area contributed by atoms with Crippen LogP contribution in [0.15, 0.2) is 42.9 Å². The molecule has 0 radical (unpaired) electrons. The molecule has 1 aliphatic carbocycles. The van der Waals surface area contributed by atoms with Crippen molar-refractivity contribution in [2.24, 2.45) is 0 Å². The second-order valence-corrected chi connectivity index (χ2v) is 8.49. The van der Waals surface area contributed by atoms with E-state index in [1.54, 1.807) is 4.40 Å². The Morgan fingerprint density at radius 2 is 1.97 bits per heavy atom. The first-order valence-corrected chi connectivity index (χ1v) is 10.6. The van der Waals surface area contributed by atoms with Gasteiger partial charge in [-0.15, -0.1) is 0 Å². The second-order valence-electron chi connectivity index (χ2n) is 8.49. The molecule has 7 nitrogen and oxygen atoms in total. The Morgan fingerprint density at radius 3 is 2.71 bits per heavy atom. The largest absolute Gasteiger partial charge is 0.491 e. The summed E-state index contributed by atoms with van der Waals surface area (Å²) in [6.45, 7) is -0.00204. The van der Waals surface area contributed by atoms with Crippen molar-refractivity contribution < 1.29 is 27.1 Å². The SMILES string of the molecule is Nc1nc2cc(F)c(C(=O)N(C3CC3)[C@@H]3COc4cc(C(F)(F)F)ccc43)cc2n2cncc12. The fourth-order valence-electron chi connectivity index (χ4n) is 4.51. The maximum Gasteiger partial charge on any atom is 0.416 e. The summed E-state index contributed by atoms with van der Waals surface area (Å²) in [5.41, 5.74) is 6.65. The van der Waals surface area contributed by atoms with Gasteiger partial charge in [0.2, 0.25) is 0 Å². The molecule has 0 unspecified atom stereocenters. The summed E-state index contributed by atoms with van der Waals surface area (Å²) in [5.74, 6) is -1.06. The summed E-state index contributed by atoms with van der Waals surface area (Å²) < 4.78 is 61.6. The monoisotopic (exact) mass is 471 g/mol. The Hall–Kier alpha value is -3.89. The molecule has 0 bridgehead atoms. The topological polar surface area (TPSA) is 85.8 Å². The van der Waals surface area contributed by atoms with Crippen molar-refractivity contribution in [1.82, 2.24) is 19.3 Å². The number of carbonyl (C=O) groups excluding carboxylic acids is 1. The van der Waals surface area contributed by atoms with Crippen LogP contribution in [0.25, 0.3) is 16.6 Å². The van der Waals surface area contributed by atoms with Crippen molar-refractivity contribution in [3.63, 3.8) is 0 Å². The summed E-state index contributed by atoms with van der Waals surface area (Å²) in [7, 11) is 0. The Bertz CT molecular complexity index is 1480. The van der Waals surface area contributed by atoms with Crippen LogP contribution < -0.4 is 10.5 Å². The molecular weight excluding hydrogens is 454 g/mol. The lowest BCUT2D eigenvalue weighted by molar-refractivity contribution is -0.137. The molecule has 1 fully saturated rings. The van der Waals surface area contributed by atoms with Gasteiger partial charge in [-0.3, -0.25) is 9.20 Å². The number of benzene rings is 2. The van der Waals surface area contributed by atoms with Crippen LogP contribution in [0, 0.1) is 5.82 Å². The normalized spacial score (nSPS) is 17.7. The molecular formula is C23H17F4N5O2. The molecule has 0 spiro atoms. The Kier molecular flexibility index (Phi) is 4.29. The van der Waals surface area contributed by atoms with E-state index in [0.29, 0.717) is 16.6 Å². The van der Waals surface area contributed by atoms with Crippen LogP contribution in [-0.4, -0.2) is 37.8 Å². The van der Waals surface area contributed by atoms with Crippen LogP contribution in [0.4, 0.5) is 23.4 Å². The third kappa shape index (κ3) is 3.14. The lowest BCUT2D eigenvalue weighted by atomic mass is 10.0. The molecule has 3 heterocycles. The van der Waals surface area contributed by atoms with Gasteiger partial charge < -0.3 is 15.4 Å². The van der Waals surface area contributed by atoms with Gasteiger partial charge in [-0.25, -0.2) is 14.4 Å². The zero-order valence-corrected chi connectivity index (χ0v) is 17.5. The van der Waals surface area contributed by atoms with E-state index in [1.807, 2.05) is 0 Å². The minimum Gasteiger partial charge on any atom is -0.491 e. The highest BCUT2D eigenvalue weighted by atomic mass is 19.4. The third-order valence-corrected chi connectivity index (χ3v) is 6.30. The number of imidazole rings is 1. The van der Waals surface area contributed by atoms with Crippen molar-refractivity contribution >= 4 is 28.3 Å². The van der Waals surface area contributed by atoms with Gasteiger partial charge in [-0.05, 0) is 31.0 Å². The molecule has 11 heteroatoms. The molecule has 6 rings (SSSR count). The first kappa shape index (κ1) is 20.7. The van der Waals surface area contributed by atoms with Crippen molar-refractivity contribution in [2.45, 2.75) is 31.1 Å². The smallest absolute Gasteiger partial charge is 0.416 e. The van der Waals surface area contributed by atoms with E-state index in [2.05, 4.69) is 9.97 Å². The van der Waals surface area contributed by atoms with E-state index in [4.69, 9.17) is 10.5 Å². The van der Waals surface area contributed by atoms with Crippen LogP contribution in [0.2, 0.25) is 0 Å². The van der Waals surface area contributed by atoms with E-state index in [-0.39, 0.29) is 35.3 Å². The van der Waals surface area contributed by atoms with E-state index in [1.165, 1.54) is 29.6 Å². The number of alkyl halides is 3. The Labute approximate surface area is 189 Å². The number of fused-ring (bicyclic) bond motifs is 4. The molecule has 174 valence electrons. The van der Waals surface area contributed by atoms with Crippen molar-refractivity contribution in [3.8, 4) is 5.75 Å². The van der Waals surface area contributed by atoms with Crippen LogP contribution in [0.3, 0.4) is 0 Å². The average Bonchev–Trinajstić information content (AvgIpc) is 3.32. The highest BCUT2D eigenvalue weighted by Crippen LogP contribution is 2.44. The van der Waals surface area contributed by atoms with Gasteiger partial charge in [0.25, 0.3) is 5.91 Å². The minimum atomic E-state index is -4.51. The Balaban J connectivity index is 1.42. The first-order chi connectivity index (χ1) is 16.2. The molecule has 2 N–H and O–H groups in total. The molecule has 1 amide bonds. The van der Waals surface area contributed by atoms with Gasteiger partial charge in [0.15, 0.2) is 0 Å². The quantitative estimate of drug-likeness (QED) is 0.449. The molecule has 0 saturated heterocycles. The second kappa shape index (κ2) is 7.05. The van der Waals surface area contributed by atoms with Gasteiger partial charge in [0.1, 0.15) is 29.5 Å². The van der Waals surface area contributed by atoms with Crippen LogP contribution in [0.1, 0.15) is 40.4 Å². The van der Waals surface area contributed by atoms with Crippen LogP contribution >= 0.6 is 0 Å². The van der Waals surface area contributed by atoms with Gasteiger partial charge in [0.05, 0.1) is 40.7 Å². The van der Waals surface area contributed by atoms with Gasteiger partial charge in [-0.2, -0.15) is 13.2 Å². The molecule has 1 aliphatic heterocycles.